The summed E-state index contributed by atoms with van der Waals surface area (Å²) >= 11 is 1.61. The molecule has 0 aliphatic carbocycles. The lowest BCUT2D eigenvalue weighted by Crippen LogP contribution is -2.31. The molecule has 1 amide bonds. The SMILES string of the molecule is COc1cccc(OC)c1C1SC(C)C(=O)N1Cc1nc2ccccc2n1C. The normalized spacial score (nSPS) is 19.4. The number of ether oxygens (including phenoxy) is 2. The minimum Gasteiger partial charge on any atom is -0.496 e. The summed E-state index contributed by atoms with van der Waals surface area (Å²) in [6.45, 7) is 2.37. The second-order valence-corrected chi connectivity index (χ2v) is 8.17. The Morgan fingerprint density at radius 2 is 1.75 bits per heavy atom. The maximum Gasteiger partial charge on any atom is 0.237 e. The van der Waals surface area contributed by atoms with Gasteiger partial charge in [-0.1, -0.05) is 18.2 Å². The fourth-order valence-corrected chi connectivity index (χ4v) is 5.00. The highest BCUT2D eigenvalue weighted by atomic mass is 32.2. The van der Waals surface area contributed by atoms with Crippen molar-refractivity contribution in [2.24, 2.45) is 7.05 Å². The third kappa shape index (κ3) is 2.99. The van der Waals surface area contributed by atoms with Crippen molar-refractivity contribution in [3.8, 4) is 11.5 Å². The molecule has 0 spiro atoms. The fraction of sp³-hybridized carbons (Fsp3) is 0.333. The fourth-order valence-electron chi connectivity index (χ4n) is 3.67. The van der Waals surface area contributed by atoms with Crippen LogP contribution in [0, 0.1) is 0 Å². The van der Waals surface area contributed by atoms with Gasteiger partial charge in [0.15, 0.2) is 0 Å². The number of rotatable bonds is 5. The maximum absolute atomic E-state index is 13.0. The Balaban J connectivity index is 1.76. The molecule has 1 aliphatic rings. The first-order chi connectivity index (χ1) is 13.5. The van der Waals surface area contributed by atoms with E-state index in [1.165, 1.54) is 0 Å². The summed E-state index contributed by atoms with van der Waals surface area (Å²) in [5.41, 5.74) is 2.86. The quantitative estimate of drug-likeness (QED) is 0.656. The lowest BCUT2D eigenvalue weighted by Gasteiger charge is -2.26. The molecule has 0 N–H and O–H groups in total. The summed E-state index contributed by atoms with van der Waals surface area (Å²) < 4.78 is 13.2. The van der Waals surface area contributed by atoms with Crippen molar-refractivity contribution in [1.82, 2.24) is 14.5 Å². The molecule has 2 atom stereocenters. The van der Waals surface area contributed by atoms with Crippen LogP contribution in [0.4, 0.5) is 0 Å². The maximum atomic E-state index is 13.0. The predicted octanol–water partition coefficient (Wildman–Crippen LogP) is 3.75. The number of imidazole rings is 1. The highest BCUT2D eigenvalue weighted by molar-refractivity contribution is 8.01. The summed E-state index contributed by atoms with van der Waals surface area (Å²) in [5, 5.41) is -0.345. The van der Waals surface area contributed by atoms with Gasteiger partial charge in [-0.15, -0.1) is 11.8 Å². The van der Waals surface area contributed by atoms with E-state index in [0.29, 0.717) is 18.0 Å². The number of nitrogens with zero attached hydrogens (tertiary/aromatic N) is 3. The number of thioether (sulfide) groups is 1. The Bertz CT molecular complexity index is 1010. The smallest absolute Gasteiger partial charge is 0.237 e. The van der Waals surface area contributed by atoms with Crippen LogP contribution in [0.1, 0.15) is 23.7 Å². The monoisotopic (exact) mass is 397 g/mol. The summed E-state index contributed by atoms with van der Waals surface area (Å²) in [4.78, 5) is 19.6. The first kappa shape index (κ1) is 18.7. The molecule has 2 heterocycles. The molecule has 146 valence electrons. The van der Waals surface area contributed by atoms with Crippen LogP contribution >= 0.6 is 11.8 Å². The van der Waals surface area contributed by atoms with Crippen LogP contribution in [0.25, 0.3) is 11.0 Å². The Hall–Kier alpha value is -2.67. The number of benzene rings is 2. The zero-order valence-electron chi connectivity index (χ0n) is 16.4. The molecule has 1 saturated heterocycles. The molecule has 1 aromatic heterocycles. The van der Waals surface area contributed by atoms with E-state index in [-0.39, 0.29) is 16.5 Å². The number of aromatic nitrogens is 2. The van der Waals surface area contributed by atoms with Crippen molar-refractivity contribution in [3.63, 3.8) is 0 Å². The first-order valence-corrected chi connectivity index (χ1v) is 10.1. The van der Waals surface area contributed by atoms with Gasteiger partial charge in [-0.2, -0.15) is 0 Å². The van der Waals surface area contributed by atoms with E-state index in [9.17, 15) is 4.79 Å². The van der Waals surface area contributed by atoms with E-state index in [1.54, 1.807) is 26.0 Å². The number of fused-ring (bicyclic) bond motifs is 1. The molecule has 1 aliphatic heterocycles. The minimum absolute atomic E-state index is 0.0926. The van der Waals surface area contributed by atoms with Crippen molar-refractivity contribution < 1.29 is 14.3 Å². The number of para-hydroxylation sites is 2. The highest BCUT2D eigenvalue weighted by Crippen LogP contribution is 2.49. The predicted molar refractivity (Wildman–Crippen MR) is 111 cm³/mol. The number of methoxy groups -OCH3 is 2. The van der Waals surface area contributed by atoms with Crippen molar-refractivity contribution in [2.45, 2.75) is 24.1 Å². The second kappa shape index (κ2) is 7.39. The zero-order chi connectivity index (χ0) is 19.8. The largest absolute Gasteiger partial charge is 0.496 e. The molecule has 3 aromatic rings. The first-order valence-electron chi connectivity index (χ1n) is 9.12. The van der Waals surface area contributed by atoms with E-state index in [2.05, 4.69) is 0 Å². The van der Waals surface area contributed by atoms with Crippen LogP contribution in [0.15, 0.2) is 42.5 Å². The third-order valence-corrected chi connectivity index (χ3v) is 6.51. The van der Waals surface area contributed by atoms with Gasteiger partial charge in [-0.25, -0.2) is 4.98 Å². The van der Waals surface area contributed by atoms with Gasteiger partial charge in [-0.3, -0.25) is 4.79 Å². The third-order valence-electron chi connectivity index (χ3n) is 5.15. The molecule has 1 fully saturated rings. The Labute approximate surface area is 168 Å². The number of carbonyl (C=O) groups excluding carboxylic acids is 1. The number of carbonyl (C=O) groups is 1. The van der Waals surface area contributed by atoms with Crippen molar-refractivity contribution in [1.29, 1.82) is 0 Å². The summed E-state index contributed by atoms with van der Waals surface area (Å²) in [7, 11) is 5.26. The number of hydrogen-bond donors (Lipinski definition) is 0. The standard InChI is InChI=1S/C21H23N3O3S/c1-13-20(25)24(12-18-22-14-8-5-6-9-15(14)23(18)2)21(28-13)19-16(26-3)10-7-11-17(19)27-4/h5-11,13,21H,12H2,1-4H3. The van der Waals surface area contributed by atoms with Crippen molar-refractivity contribution >= 4 is 28.7 Å². The van der Waals surface area contributed by atoms with Gasteiger partial charge >= 0.3 is 0 Å². The Kier molecular flexibility index (Phi) is 4.93. The van der Waals surface area contributed by atoms with Crippen molar-refractivity contribution in [2.75, 3.05) is 14.2 Å². The Morgan fingerprint density at radius 3 is 2.39 bits per heavy atom. The van der Waals surface area contributed by atoms with Crippen LogP contribution in [0.3, 0.4) is 0 Å². The lowest BCUT2D eigenvalue weighted by molar-refractivity contribution is -0.130. The van der Waals surface area contributed by atoms with Gasteiger partial charge in [0.25, 0.3) is 0 Å². The molecule has 0 radical (unpaired) electrons. The average molecular weight is 398 g/mol. The second-order valence-electron chi connectivity index (χ2n) is 6.75. The summed E-state index contributed by atoms with van der Waals surface area (Å²) in [6.07, 6.45) is 0. The zero-order valence-corrected chi connectivity index (χ0v) is 17.2. The molecular formula is C21H23N3O3S. The number of aryl methyl sites for hydroxylation is 1. The molecule has 0 saturated carbocycles. The molecule has 2 aromatic carbocycles. The van der Waals surface area contributed by atoms with Gasteiger partial charge in [0.1, 0.15) is 22.7 Å². The van der Waals surface area contributed by atoms with Crippen LogP contribution in [-0.2, 0) is 18.4 Å². The number of amides is 1. The van der Waals surface area contributed by atoms with E-state index in [1.807, 2.05) is 65.9 Å². The molecule has 7 heteroatoms. The molecule has 2 unspecified atom stereocenters. The van der Waals surface area contributed by atoms with E-state index in [0.717, 1.165) is 22.4 Å². The van der Waals surface area contributed by atoms with Gasteiger partial charge in [0, 0.05) is 7.05 Å². The van der Waals surface area contributed by atoms with Gasteiger partial charge in [-0.05, 0) is 31.2 Å². The topological polar surface area (TPSA) is 56.6 Å². The molecule has 6 nitrogen and oxygen atoms in total. The molecule has 0 bridgehead atoms. The summed E-state index contributed by atoms with van der Waals surface area (Å²) in [6, 6.07) is 13.7. The van der Waals surface area contributed by atoms with Gasteiger partial charge in [0.05, 0.1) is 42.6 Å². The van der Waals surface area contributed by atoms with Crippen LogP contribution in [-0.4, -0.2) is 39.8 Å². The summed E-state index contributed by atoms with van der Waals surface area (Å²) in [5.74, 6) is 2.38. The van der Waals surface area contributed by atoms with E-state index >= 15 is 0 Å². The van der Waals surface area contributed by atoms with Crippen LogP contribution < -0.4 is 9.47 Å². The van der Waals surface area contributed by atoms with Gasteiger partial charge in [0.2, 0.25) is 5.91 Å². The molecule has 28 heavy (non-hydrogen) atoms. The number of hydrogen-bond acceptors (Lipinski definition) is 5. The molecular weight excluding hydrogens is 374 g/mol. The van der Waals surface area contributed by atoms with Crippen molar-refractivity contribution in [3.05, 3.63) is 53.9 Å². The van der Waals surface area contributed by atoms with E-state index in [4.69, 9.17) is 14.5 Å². The minimum atomic E-state index is -0.201. The Morgan fingerprint density at radius 1 is 1.07 bits per heavy atom. The lowest BCUT2D eigenvalue weighted by atomic mass is 10.1. The molecule has 4 rings (SSSR count). The van der Waals surface area contributed by atoms with Gasteiger partial charge < -0.3 is 18.9 Å². The van der Waals surface area contributed by atoms with E-state index < -0.39 is 0 Å². The highest BCUT2D eigenvalue weighted by Gasteiger charge is 2.41. The average Bonchev–Trinajstić information content (AvgIpc) is 3.18. The van der Waals surface area contributed by atoms with Crippen LogP contribution in [0.2, 0.25) is 0 Å². The van der Waals surface area contributed by atoms with Crippen LogP contribution in [0.5, 0.6) is 11.5 Å².